The maximum absolute atomic E-state index is 12.9. The molecule has 36 heavy (non-hydrogen) atoms. The number of para-hydroxylation sites is 2. The van der Waals surface area contributed by atoms with Crippen LogP contribution in [0.5, 0.6) is 23.0 Å². The van der Waals surface area contributed by atoms with E-state index in [1.54, 1.807) is 36.4 Å². The van der Waals surface area contributed by atoms with Gasteiger partial charge < -0.3 is 29.0 Å². The van der Waals surface area contributed by atoms with Crippen molar-refractivity contribution in [1.29, 1.82) is 0 Å². The smallest absolute Gasteiger partial charge is 0.360 e. The average Bonchev–Trinajstić information content (AvgIpc) is 2.83. The molecule has 0 aromatic heterocycles. The van der Waals surface area contributed by atoms with Gasteiger partial charge in [-0.2, -0.15) is 0 Å². The highest BCUT2D eigenvalue weighted by atomic mass is 31.2. The van der Waals surface area contributed by atoms with Crippen molar-refractivity contribution < 1.29 is 38.2 Å². The van der Waals surface area contributed by atoms with Crippen molar-refractivity contribution >= 4 is 25.8 Å². The third-order valence-corrected chi connectivity index (χ3v) is 8.67. The molecule has 0 unspecified atom stereocenters. The molecule has 2 heterocycles. The lowest BCUT2D eigenvalue weighted by molar-refractivity contribution is 0.378. The zero-order valence-electron chi connectivity index (χ0n) is 18.7. The molecule has 0 amide bonds. The van der Waals surface area contributed by atoms with E-state index in [0.717, 1.165) is 11.1 Å². The Morgan fingerprint density at radius 1 is 0.583 bits per heavy atom. The van der Waals surface area contributed by atoms with E-state index < -0.39 is 25.8 Å². The molecule has 6 rings (SSSR count). The van der Waals surface area contributed by atoms with Crippen LogP contribution in [0.2, 0.25) is 0 Å². The fourth-order valence-corrected chi connectivity index (χ4v) is 7.44. The van der Waals surface area contributed by atoms with E-state index in [2.05, 4.69) is 0 Å². The largest absolute Gasteiger partial charge is 0.457 e. The Labute approximate surface area is 206 Å². The lowest BCUT2D eigenvalue weighted by Gasteiger charge is -2.28. The van der Waals surface area contributed by atoms with Gasteiger partial charge in [0, 0.05) is 24.0 Å². The SMILES string of the molecule is O=P(O)(O)c1c(-c2cccc3c2Cc2ccccc2O3)cc2c(c1P(=O)(O)O)Oc1ccccc1C2. The maximum atomic E-state index is 12.9. The Kier molecular flexibility index (Phi) is 5.25. The van der Waals surface area contributed by atoms with Gasteiger partial charge in [0.25, 0.3) is 0 Å². The van der Waals surface area contributed by atoms with Crippen LogP contribution in [-0.4, -0.2) is 19.6 Å². The molecule has 2 aliphatic rings. The highest BCUT2D eigenvalue weighted by Gasteiger charge is 2.41. The first-order valence-corrected chi connectivity index (χ1v) is 14.3. The van der Waals surface area contributed by atoms with Crippen molar-refractivity contribution in [3.05, 3.63) is 95.1 Å². The number of ether oxygens (including phenoxy) is 2. The van der Waals surface area contributed by atoms with Gasteiger partial charge in [0.2, 0.25) is 0 Å². The molecule has 0 aliphatic carbocycles. The fourth-order valence-electron chi connectivity index (χ4n) is 4.93. The molecule has 0 radical (unpaired) electrons. The van der Waals surface area contributed by atoms with E-state index in [0.29, 0.717) is 40.4 Å². The summed E-state index contributed by atoms with van der Waals surface area (Å²) in [6, 6.07) is 21.2. The summed E-state index contributed by atoms with van der Waals surface area (Å²) in [5, 5.41) is -1.52. The van der Waals surface area contributed by atoms with Crippen molar-refractivity contribution in [3.63, 3.8) is 0 Å². The monoisotopic (exact) mass is 522 g/mol. The van der Waals surface area contributed by atoms with E-state index in [-0.39, 0.29) is 17.7 Å². The van der Waals surface area contributed by atoms with Crippen LogP contribution in [0.3, 0.4) is 0 Å². The quantitative estimate of drug-likeness (QED) is 0.252. The number of hydrogen-bond acceptors (Lipinski definition) is 4. The number of rotatable bonds is 3. The normalized spacial score (nSPS) is 14.0. The van der Waals surface area contributed by atoms with Gasteiger partial charge >= 0.3 is 15.2 Å². The predicted octanol–water partition coefficient (Wildman–Crippen LogP) is 4.35. The topological polar surface area (TPSA) is 134 Å². The van der Waals surface area contributed by atoms with E-state index in [1.165, 1.54) is 0 Å². The molecule has 2 aliphatic heterocycles. The standard InChI is InChI=1S/C26H20O8P2/c27-35(28,29)25-20(18-8-5-11-23-19(18)13-16-7-2-3-9-21(16)33-23)14-17-12-15-6-1-4-10-22(15)34-24(17)26(25)36(30,31)32/h1-11,14H,12-13H2,(H2,27,28,29)(H2,30,31,32). The molecule has 4 aromatic carbocycles. The number of hydrogen-bond donors (Lipinski definition) is 4. The Hall–Kier alpha value is -3.22. The predicted molar refractivity (Wildman–Crippen MR) is 134 cm³/mol. The van der Waals surface area contributed by atoms with Crippen LogP contribution in [0.25, 0.3) is 11.1 Å². The molecule has 0 fully saturated rings. The molecule has 182 valence electrons. The van der Waals surface area contributed by atoms with Gasteiger partial charge in [-0.1, -0.05) is 48.5 Å². The van der Waals surface area contributed by atoms with Gasteiger partial charge in [-0.15, -0.1) is 0 Å². The molecular weight excluding hydrogens is 502 g/mol. The van der Waals surface area contributed by atoms with Crippen LogP contribution in [0.4, 0.5) is 0 Å². The van der Waals surface area contributed by atoms with Crippen LogP contribution in [-0.2, 0) is 22.0 Å². The minimum Gasteiger partial charge on any atom is -0.457 e. The lowest BCUT2D eigenvalue weighted by Crippen LogP contribution is -2.31. The molecule has 8 nitrogen and oxygen atoms in total. The number of benzene rings is 4. The van der Waals surface area contributed by atoms with Gasteiger partial charge in [0.1, 0.15) is 28.3 Å². The zero-order chi connectivity index (χ0) is 25.2. The first-order valence-electron chi connectivity index (χ1n) is 11.1. The van der Waals surface area contributed by atoms with Crippen LogP contribution >= 0.6 is 15.2 Å². The van der Waals surface area contributed by atoms with Gasteiger partial charge in [0.05, 0.1) is 5.30 Å². The van der Waals surface area contributed by atoms with Crippen molar-refractivity contribution in [3.8, 4) is 34.1 Å². The Balaban J connectivity index is 1.66. The van der Waals surface area contributed by atoms with Crippen LogP contribution in [0, 0.1) is 0 Å². The molecule has 4 aromatic rings. The summed E-state index contributed by atoms with van der Waals surface area (Å²) in [6.45, 7) is 0. The molecule has 0 bridgehead atoms. The van der Waals surface area contributed by atoms with E-state index in [4.69, 9.17) is 9.47 Å². The van der Waals surface area contributed by atoms with Gasteiger partial charge in [-0.25, -0.2) is 0 Å². The minimum absolute atomic E-state index is 0.0446. The van der Waals surface area contributed by atoms with Gasteiger partial charge in [0.15, 0.2) is 0 Å². The summed E-state index contributed by atoms with van der Waals surface area (Å²) >= 11 is 0. The van der Waals surface area contributed by atoms with E-state index in [1.807, 2.05) is 36.4 Å². The molecule has 0 spiro atoms. The van der Waals surface area contributed by atoms with Crippen molar-refractivity contribution in [2.75, 3.05) is 0 Å². The molecule has 0 atom stereocenters. The summed E-state index contributed by atoms with van der Waals surface area (Å²) in [5.41, 5.74) is 3.25. The third-order valence-electron chi connectivity index (χ3n) is 6.44. The molecule has 0 saturated heterocycles. The second-order valence-corrected chi connectivity index (χ2v) is 11.8. The lowest BCUT2D eigenvalue weighted by atomic mass is 9.90. The summed E-state index contributed by atoms with van der Waals surface area (Å²) in [7, 11) is -10.4. The summed E-state index contributed by atoms with van der Waals surface area (Å²) in [4.78, 5) is 41.5. The first-order chi connectivity index (χ1) is 17.1. The highest BCUT2D eigenvalue weighted by molar-refractivity contribution is 7.67. The van der Waals surface area contributed by atoms with Crippen LogP contribution in [0.15, 0.2) is 72.8 Å². The van der Waals surface area contributed by atoms with E-state index in [9.17, 15) is 28.7 Å². The minimum atomic E-state index is -5.20. The second kappa shape index (κ2) is 8.15. The first kappa shape index (κ1) is 23.2. The van der Waals surface area contributed by atoms with Crippen molar-refractivity contribution in [2.45, 2.75) is 12.8 Å². The summed E-state index contributed by atoms with van der Waals surface area (Å²) < 4.78 is 37.5. The van der Waals surface area contributed by atoms with Crippen molar-refractivity contribution in [2.24, 2.45) is 0 Å². The Morgan fingerprint density at radius 3 is 1.83 bits per heavy atom. The van der Waals surface area contributed by atoms with Crippen LogP contribution < -0.4 is 20.1 Å². The molecule has 4 N–H and O–H groups in total. The summed E-state index contributed by atoms with van der Waals surface area (Å²) in [6.07, 6.45) is 0.700. The molecule has 10 heteroatoms. The summed E-state index contributed by atoms with van der Waals surface area (Å²) in [5.74, 6) is 1.37. The Morgan fingerprint density at radius 2 is 1.17 bits per heavy atom. The van der Waals surface area contributed by atoms with Gasteiger partial charge in [-0.05, 0) is 46.5 Å². The highest BCUT2D eigenvalue weighted by Crippen LogP contribution is 2.51. The number of fused-ring (bicyclic) bond motifs is 4. The third kappa shape index (κ3) is 3.80. The zero-order valence-corrected chi connectivity index (χ0v) is 20.4. The average molecular weight is 522 g/mol. The Bertz CT molecular complexity index is 1650. The fraction of sp³-hybridized carbons (Fsp3) is 0.0769. The maximum Gasteiger partial charge on any atom is 0.360 e. The second-order valence-electron chi connectivity index (χ2n) is 8.75. The molecular formula is C26H20O8P2. The van der Waals surface area contributed by atoms with E-state index >= 15 is 0 Å². The molecule has 0 saturated carbocycles. The van der Waals surface area contributed by atoms with Gasteiger partial charge in [-0.3, -0.25) is 9.13 Å². The van der Waals surface area contributed by atoms with Crippen LogP contribution in [0.1, 0.15) is 22.3 Å². The van der Waals surface area contributed by atoms with Crippen molar-refractivity contribution in [1.82, 2.24) is 0 Å².